The minimum absolute atomic E-state index is 0.289. The van der Waals surface area contributed by atoms with Crippen LogP contribution in [0.25, 0.3) is 11.1 Å². The van der Waals surface area contributed by atoms with Crippen molar-refractivity contribution >= 4 is 21.7 Å². The highest BCUT2D eigenvalue weighted by molar-refractivity contribution is 9.10. The summed E-state index contributed by atoms with van der Waals surface area (Å²) in [5.41, 5.74) is 11.4. The third-order valence-electron chi connectivity index (χ3n) is 5.85. The summed E-state index contributed by atoms with van der Waals surface area (Å²) < 4.78 is 1.03. The van der Waals surface area contributed by atoms with E-state index in [0.717, 1.165) is 27.7 Å². The highest BCUT2D eigenvalue weighted by Gasteiger charge is 2.54. The van der Waals surface area contributed by atoms with Crippen molar-refractivity contribution < 1.29 is 0 Å². The lowest BCUT2D eigenvalue weighted by atomic mass is 9.48. The SMILES string of the molecule is CC1(C)[C@H]2Cc3c(nc(N)c(C#N)c3-c3ccc(Br)cc3)[C@@H]1C2. The molecular weight excluding hydrogens is 350 g/mol. The molecule has 1 saturated carbocycles. The molecule has 0 spiro atoms. The Kier molecular flexibility index (Phi) is 3.08. The molecule has 2 bridgehead atoms. The zero-order valence-electron chi connectivity index (χ0n) is 13.2. The maximum atomic E-state index is 9.62. The Morgan fingerprint density at radius 3 is 2.61 bits per heavy atom. The van der Waals surface area contributed by atoms with E-state index in [0.29, 0.717) is 23.2 Å². The second kappa shape index (κ2) is 4.82. The average Bonchev–Trinajstić information content (AvgIpc) is 2.53. The van der Waals surface area contributed by atoms with Gasteiger partial charge in [-0.2, -0.15) is 5.26 Å². The van der Waals surface area contributed by atoms with Crippen molar-refractivity contribution in [1.29, 1.82) is 5.26 Å². The van der Waals surface area contributed by atoms with Gasteiger partial charge in [0.1, 0.15) is 17.5 Å². The maximum Gasteiger partial charge on any atom is 0.142 e. The van der Waals surface area contributed by atoms with Crippen LogP contribution in [0.2, 0.25) is 0 Å². The molecule has 2 N–H and O–H groups in total. The van der Waals surface area contributed by atoms with Crippen LogP contribution in [0.3, 0.4) is 0 Å². The molecule has 1 heterocycles. The van der Waals surface area contributed by atoms with E-state index in [1.165, 1.54) is 12.0 Å². The lowest BCUT2D eigenvalue weighted by Gasteiger charge is -2.56. The lowest BCUT2D eigenvalue weighted by molar-refractivity contribution is 0.0158. The van der Waals surface area contributed by atoms with Gasteiger partial charge in [-0.1, -0.05) is 41.9 Å². The molecule has 0 amide bonds. The predicted molar refractivity (Wildman–Crippen MR) is 94.8 cm³/mol. The Balaban J connectivity index is 1.99. The van der Waals surface area contributed by atoms with Crippen LogP contribution in [0, 0.1) is 22.7 Å². The van der Waals surface area contributed by atoms with Gasteiger partial charge in [0.15, 0.2) is 0 Å². The zero-order chi connectivity index (χ0) is 16.4. The van der Waals surface area contributed by atoms with Gasteiger partial charge in [-0.15, -0.1) is 0 Å². The topological polar surface area (TPSA) is 62.7 Å². The number of aromatic nitrogens is 1. The number of nitriles is 1. The molecule has 3 aliphatic rings. The first-order valence-electron chi connectivity index (χ1n) is 7.91. The molecule has 5 rings (SSSR count). The number of benzene rings is 1. The fraction of sp³-hybridized carbons (Fsp3) is 0.368. The van der Waals surface area contributed by atoms with Crippen molar-refractivity contribution in [2.45, 2.75) is 32.6 Å². The van der Waals surface area contributed by atoms with Gasteiger partial charge in [-0.25, -0.2) is 4.98 Å². The van der Waals surface area contributed by atoms with Crippen molar-refractivity contribution in [3.63, 3.8) is 0 Å². The van der Waals surface area contributed by atoms with Crippen LogP contribution in [-0.4, -0.2) is 4.98 Å². The summed E-state index contributed by atoms with van der Waals surface area (Å²) in [4.78, 5) is 4.65. The van der Waals surface area contributed by atoms with Gasteiger partial charge in [-0.3, -0.25) is 0 Å². The number of halogens is 1. The van der Waals surface area contributed by atoms with Gasteiger partial charge in [0, 0.05) is 16.0 Å². The molecule has 0 aliphatic heterocycles. The van der Waals surface area contributed by atoms with Gasteiger partial charge in [-0.05, 0) is 47.4 Å². The quantitative estimate of drug-likeness (QED) is 0.797. The second-order valence-electron chi connectivity index (χ2n) is 7.24. The molecular formula is C19H18BrN3. The van der Waals surface area contributed by atoms with Crippen molar-refractivity contribution in [1.82, 2.24) is 4.98 Å². The number of pyridine rings is 1. The van der Waals surface area contributed by atoms with Crippen LogP contribution < -0.4 is 5.73 Å². The highest BCUT2D eigenvalue weighted by Crippen LogP contribution is 2.63. The number of rotatable bonds is 1. The van der Waals surface area contributed by atoms with E-state index >= 15 is 0 Å². The van der Waals surface area contributed by atoms with E-state index < -0.39 is 0 Å². The van der Waals surface area contributed by atoms with E-state index in [1.54, 1.807) is 0 Å². The second-order valence-corrected chi connectivity index (χ2v) is 8.16. The van der Waals surface area contributed by atoms with E-state index in [9.17, 15) is 5.26 Å². The molecule has 1 fully saturated rings. The van der Waals surface area contributed by atoms with Gasteiger partial charge in [0.05, 0.1) is 5.69 Å². The first-order chi connectivity index (χ1) is 10.9. The number of nitrogens with zero attached hydrogens (tertiary/aromatic N) is 2. The lowest BCUT2D eigenvalue weighted by Crippen LogP contribution is -2.48. The summed E-state index contributed by atoms with van der Waals surface area (Å²) in [5.74, 6) is 1.50. The van der Waals surface area contributed by atoms with Crippen LogP contribution in [-0.2, 0) is 6.42 Å². The molecule has 2 atom stereocenters. The molecule has 3 nitrogen and oxygen atoms in total. The summed E-state index contributed by atoms with van der Waals surface area (Å²) in [6.07, 6.45) is 2.18. The first-order valence-corrected chi connectivity index (χ1v) is 8.71. The Labute approximate surface area is 144 Å². The van der Waals surface area contributed by atoms with E-state index in [2.05, 4.69) is 40.8 Å². The first kappa shape index (κ1) is 14.7. The zero-order valence-corrected chi connectivity index (χ0v) is 14.8. The Hall–Kier alpha value is -1.86. The van der Waals surface area contributed by atoms with Gasteiger partial charge < -0.3 is 5.73 Å². The predicted octanol–water partition coefficient (Wildman–Crippen LogP) is 4.65. The summed E-state index contributed by atoms with van der Waals surface area (Å²) in [6.45, 7) is 4.65. The van der Waals surface area contributed by atoms with Crippen molar-refractivity contribution in [2.24, 2.45) is 11.3 Å². The number of nitrogens with two attached hydrogens (primary N) is 1. The van der Waals surface area contributed by atoms with Gasteiger partial charge in [0.25, 0.3) is 0 Å². The fourth-order valence-electron chi connectivity index (χ4n) is 4.28. The molecule has 3 aliphatic carbocycles. The van der Waals surface area contributed by atoms with E-state index in [-0.39, 0.29) is 5.41 Å². The standard InChI is InChI=1S/C19H18BrN3/c1-19(2)11-7-13-16(10-3-5-12(20)6-4-10)14(9-21)18(22)23-17(13)15(19)8-11/h3-6,11,15H,7-8H2,1-2H3,(H2,22,23)/t11-,15-/m0/s1. The smallest absolute Gasteiger partial charge is 0.142 e. The summed E-state index contributed by atoms with van der Waals surface area (Å²) >= 11 is 3.47. The highest BCUT2D eigenvalue weighted by atomic mass is 79.9. The number of anilines is 1. The normalized spacial score (nSPS) is 23.6. The van der Waals surface area contributed by atoms with Gasteiger partial charge >= 0.3 is 0 Å². The molecule has 23 heavy (non-hydrogen) atoms. The third-order valence-corrected chi connectivity index (χ3v) is 6.38. The van der Waals surface area contributed by atoms with Crippen LogP contribution in [0.1, 0.15) is 43.0 Å². The Morgan fingerprint density at radius 1 is 1.30 bits per heavy atom. The number of hydrogen-bond acceptors (Lipinski definition) is 3. The van der Waals surface area contributed by atoms with Crippen LogP contribution >= 0.6 is 15.9 Å². The summed E-state index contributed by atoms with van der Waals surface area (Å²) in [6, 6.07) is 10.4. The van der Waals surface area contributed by atoms with Gasteiger partial charge in [0.2, 0.25) is 0 Å². The third kappa shape index (κ3) is 1.96. The molecule has 1 aromatic carbocycles. The Morgan fingerprint density at radius 2 is 2.00 bits per heavy atom. The number of hydrogen-bond donors (Lipinski definition) is 1. The molecule has 1 aromatic heterocycles. The van der Waals surface area contributed by atoms with Crippen LogP contribution in [0.15, 0.2) is 28.7 Å². The summed E-state index contributed by atoms with van der Waals surface area (Å²) in [5, 5.41) is 9.62. The van der Waals surface area contributed by atoms with E-state index in [1.807, 2.05) is 24.3 Å². The maximum absolute atomic E-state index is 9.62. The van der Waals surface area contributed by atoms with Crippen molar-refractivity contribution in [3.8, 4) is 17.2 Å². The van der Waals surface area contributed by atoms with Crippen molar-refractivity contribution in [2.75, 3.05) is 5.73 Å². The summed E-state index contributed by atoms with van der Waals surface area (Å²) in [7, 11) is 0. The number of nitrogen functional groups attached to an aromatic ring is 1. The fourth-order valence-corrected chi connectivity index (χ4v) is 4.54. The molecule has 0 saturated heterocycles. The molecule has 0 unspecified atom stereocenters. The van der Waals surface area contributed by atoms with Crippen molar-refractivity contribution in [3.05, 3.63) is 45.6 Å². The molecule has 116 valence electrons. The Bertz CT molecular complexity index is 846. The molecule has 2 aromatic rings. The van der Waals surface area contributed by atoms with Crippen LogP contribution in [0.5, 0.6) is 0 Å². The van der Waals surface area contributed by atoms with E-state index in [4.69, 9.17) is 5.73 Å². The minimum Gasteiger partial charge on any atom is -0.383 e. The van der Waals surface area contributed by atoms with Crippen LogP contribution in [0.4, 0.5) is 5.82 Å². The average molecular weight is 368 g/mol. The minimum atomic E-state index is 0.289. The monoisotopic (exact) mass is 367 g/mol. The molecule has 0 radical (unpaired) electrons. The largest absolute Gasteiger partial charge is 0.383 e. The molecule has 4 heteroatoms.